The Morgan fingerprint density at radius 3 is 2.58 bits per heavy atom. The monoisotopic (exact) mass is 342 g/mol. The maximum atomic E-state index is 12.6. The molecule has 1 heterocycles. The van der Waals surface area contributed by atoms with Crippen molar-refractivity contribution >= 4 is 34.3 Å². The van der Waals surface area contributed by atoms with E-state index in [0.29, 0.717) is 12.3 Å². The lowest BCUT2D eigenvalue weighted by atomic mass is 10.2. The first-order valence-electron chi connectivity index (χ1n) is 7.69. The minimum absolute atomic E-state index is 0.260. The smallest absolute Gasteiger partial charge is 0.295 e. The molecule has 1 N–H and O–H groups in total. The van der Waals surface area contributed by atoms with Gasteiger partial charge in [0.25, 0.3) is 11.1 Å². The molecular weight excluding hydrogens is 324 g/mol. The number of nitrogens with one attached hydrogen (secondary N) is 1. The van der Waals surface area contributed by atoms with Gasteiger partial charge in [-0.3, -0.25) is 9.59 Å². The molecule has 1 aliphatic heterocycles. The minimum Gasteiger partial charge on any atom is -0.494 e. The van der Waals surface area contributed by atoms with Crippen LogP contribution >= 0.6 is 11.8 Å². The first-order valence-corrected chi connectivity index (χ1v) is 8.57. The van der Waals surface area contributed by atoms with Gasteiger partial charge in [-0.25, -0.2) is 4.90 Å². The Morgan fingerprint density at radius 2 is 1.92 bits per heavy atom. The Labute approximate surface area is 145 Å². The SMILES string of the molecule is CCOc1ccc(N[C@H]2SC(=O)N(c3cccc(C)c3)C2=O)cc1. The second-order valence-electron chi connectivity index (χ2n) is 5.38. The number of benzene rings is 2. The van der Waals surface area contributed by atoms with Gasteiger partial charge < -0.3 is 10.1 Å². The number of thioether (sulfide) groups is 1. The van der Waals surface area contributed by atoms with E-state index in [1.54, 1.807) is 6.07 Å². The van der Waals surface area contributed by atoms with E-state index in [-0.39, 0.29) is 11.1 Å². The number of carbonyl (C=O) groups is 2. The van der Waals surface area contributed by atoms with E-state index in [1.807, 2.05) is 56.3 Å². The topological polar surface area (TPSA) is 58.6 Å². The van der Waals surface area contributed by atoms with Gasteiger partial charge in [-0.2, -0.15) is 0 Å². The summed E-state index contributed by atoms with van der Waals surface area (Å²) in [6.07, 6.45) is 0. The Hall–Kier alpha value is -2.47. The van der Waals surface area contributed by atoms with E-state index in [0.717, 1.165) is 28.8 Å². The van der Waals surface area contributed by atoms with E-state index in [4.69, 9.17) is 4.74 Å². The first-order chi connectivity index (χ1) is 11.6. The molecule has 0 aliphatic carbocycles. The van der Waals surface area contributed by atoms with Gasteiger partial charge in [0, 0.05) is 5.69 Å². The highest BCUT2D eigenvalue weighted by molar-refractivity contribution is 8.16. The van der Waals surface area contributed by atoms with Gasteiger partial charge in [-0.1, -0.05) is 12.1 Å². The fraction of sp³-hybridized carbons (Fsp3) is 0.222. The van der Waals surface area contributed by atoms with E-state index in [2.05, 4.69) is 5.32 Å². The number of aryl methyl sites for hydroxylation is 1. The summed E-state index contributed by atoms with van der Waals surface area (Å²) >= 11 is 0.987. The maximum Gasteiger partial charge on any atom is 0.295 e. The van der Waals surface area contributed by atoms with Crippen LogP contribution in [-0.4, -0.2) is 23.1 Å². The van der Waals surface area contributed by atoms with Gasteiger partial charge in [0.1, 0.15) is 5.75 Å². The summed E-state index contributed by atoms with van der Waals surface area (Å²) in [6.45, 7) is 4.45. The number of amides is 2. The molecule has 2 amide bonds. The number of carbonyl (C=O) groups excluding carboxylic acids is 2. The van der Waals surface area contributed by atoms with Crippen LogP contribution in [0.3, 0.4) is 0 Å². The molecule has 0 spiro atoms. The zero-order valence-corrected chi connectivity index (χ0v) is 14.3. The van der Waals surface area contributed by atoms with Crippen LogP contribution in [0.25, 0.3) is 0 Å². The Kier molecular flexibility index (Phi) is 4.76. The number of rotatable bonds is 5. The fourth-order valence-corrected chi connectivity index (χ4v) is 3.37. The van der Waals surface area contributed by atoms with Crippen LogP contribution in [0, 0.1) is 6.92 Å². The third-order valence-electron chi connectivity index (χ3n) is 3.57. The maximum absolute atomic E-state index is 12.6. The Morgan fingerprint density at radius 1 is 1.17 bits per heavy atom. The summed E-state index contributed by atoms with van der Waals surface area (Å²) < 4.78 is 5.39. The van der Waals surface area contributed by atoms with Crippen LogP contribution < -0.4 is 15.0 Å². The highest BCUT2D eigenvalue weighted by Crippen LogP contribution is 2.33. The quantitative estimate of drug-likeness (QED) is 0.889. The predicted molar refractivity (Wildman–Crippen MR) is 96.7 cm³/mol. The normalized spacial score (nSPS) is 17.2. The molecule has 2 aromatic carbocycles. The van der Waals surface area contributed by atoms with Crippen LogP contribution in [0.4, 0.5) is 16.2 Å². The van der Waals surface area contributed by atoms with Crippen LogP contribution in [0.15, 0.2) is 48.5 Å². The summed E-state index contributed by atoms with van der Waals surface area (Å²) in [5.41, 5.74) is 2.37. The van der Waals surface area contributed by atoms with Crippen molar-refractivity contribution in [1.29, 1.82) is 0 Å². The summed E-state index contributed by atoms with van der Waals surface area (Å²) in [5, 5.41) is 2.20. The molecule has 0 unspecified atom stereocenters. The third kappa shape index (κ3) is 3.38. The number of hydrogen-bond acceptors (Lipinski definition) is 5. The van der Waals surface area contributed by atoms with E-state index in [9.17, 15) is 9.59 Å². The highest BCUT2D eigenvalue weighted by atomic mass is 32.2. The lowest BCUT2D eigenvalue weighted by Gasteiger charge is -2.15. The fourth-order valence-electron chi connectivity index (χ4n) is 2.47. The zero-order chi connectivity index (χ0) is 17.1. The Balaban J connectivity index is 1.74. The van der Waals surface area contributed by atoms with Gasteiger partial charge in [0.05, 0.1) is 12.3 Å². The molecule has 24 heavy (non-hydrogen) atoms. The van der Waals surface area contributed by atoms with Gasteiger partial charge in [-0.15, -0.1) is 0 Å². The molecule has 3 rings (SSSR count). The van der Waals surface area contributed by atoms with Crippen LogP contribution in [0.5, 0.6) is 5.75 Å². The largest absolute Gasteiger partial charge is 0.494 e. The van der Waals surface area contributed by atoms with E-state index < -0.39 is 5.37 Å². The van der Waals surface area contributed by atoms with Crippen molar-refractivity contribution in [1.82, 2.24) is 0 Å². The average Bonchev–Trinajstić information content (AvgIpc) is 2.83. The molecule has 0 bridgehead atoms. The van der Waals surface area contributed by atoms with Crippen molar-refractivity contribution in [2.45, 2.75) is 19.2 Å². The van der Waals surface area contributed by atoms with Gasteiger partial charge in [0.2, 0.25) is 0 Å². The zero-order valence-electron chi connectivity index (χ0n) is 13.5. The number of hydrogen-bond donors (Lipinski definition) is 1. The lowest BCUT2D eigenvalue weighted by Crippen LogP contribution is -2.34. The summed E-state index contributed by atoms with van der Waals surface area (Å²) in [6, 6.07) is 14.7. The standard InChI is InChI=1S/C18H18N2O3S/c1-3-23-15-9-7-13(8-10-15)19-16-17(21)20(18(22)24-16)14-6-4-5-12(2)11-14/h4-11,16,19H,3H2,1-2H3/t16-/m0/s1. The van der Waals surface area contributed by atoms with Crippen LogP contribution in [0.1, 0.15) is 12.5 Å². The molecule has 0 saturated carbocycles. The van der Waals surface area contributed by atoms with Gasteiger partial charge >= 0.3 is 0 Å². The second-order valence-corrected chi connectivity index (χ2v) is 6.43. The molecule has 1 atom stereocenters. The number of imide groups is 1. The van der Waals surface area contributed by atoms with Gasteiger partial charge in [-0.05, 0) is 67.6 Å². The second kappa shape index (κ2) is 6.97. The molecule has 6 heteroatoms. The Bertz CT molecular complexity index is 761. The summed E-state index contributed by atoms with van der Waals surface area (Å²) in [4.78, 5) is 26.1. The summed E-state index contributed by atoms with van der Waals surface area (Å²) in [5.74, 6) is 0.510. The number of anilines is 2. The number of ether oxygens (including phenoxy) is 1. The molecule has 1 aliphatic rings. The summed E-state index contributed by atoms with van der Waals surface area (Å²) in [7, 11) is 0. The van der Waals surface area contributed by atoms with Crippen LogP contribution in [0.2, 0.25) is 0 Å². The molecule has 5 nitrogen and oxygen atoms in total. The molecular formula is C18H18N2O3S. The van der Waals surface area contributed by atoms with Crippen LogP contribution in [-0.2, 0) is 4.79 Å². The lowest BCUT2D eigenvalue weighted by molar-refractivity contribution is -0.116. The van der Waals surface area contributed by atoms with Crippen molar-refractivity contribution in [3.63, 3.8) is 0 Å². The first kappa shape index (κ1) is 16.4. The highest BCUT2D eigenvalue weighted by Gasteiger charge is 2.40. The van der Waals surface area contributed by atoms with E-state index >= 15 is 0 Å². The van der Waals surface area contributed by atoms with Crippen molar-refractivity contribution < 1.29 is 14.3 Å². The average molecular weight is 342 g/mol. The minimum atomic E-state index is -0.629. The van der Waals surface area contributed by atoms with E-state index in [1.165, 1.54) is 4.90 Å². The van der Waals surface area contributed by atoms with Crippen molar-refractivity contribution in [3.05, 3.63) is 54.1 Å². The third-order valence-corrected chi connectivity index (χ3v) is 4.51. The molecule has 1 fully saturated rings. The molecule has 2 aromatic rings. The van der Waals surface area contributed by atoms with Gasteiger partial charge in [0.15, 0.2) is 5.37 Å². The van der Waals surface area contributed by atoms with Crippen molar-refractivity contribution in [3.8, 4) is 5.75 Å². The number of nitrogens with zero attached hydrogens (tertiary/aromatic N) is 1. The molecule has 0 radical (unpaired) electrons. The molecule has 1 saturated heterocycles. The van der Waals surface area contributed by atoms with Crippen molar-refractivity contribution in [2.24, 2.45) is 0 Å². The van der Waals surface area contributed by atoms with Crippen molar-refractivity contribution in [2.75, 3.05) is 16.8 Å². The predicted octanol–water partition coefficient (Wildman–Crippen LogP) is 4.03. The molecule has 0 aromatic heterocycles. The molecule has 124 valence electrons.